The van der Waals surface area contributed by atoms with E-state index in [2.05, 4.69) is 26.5 Å². The second kappa shape index (κ2) is 6.17. The van der Waals surface area contributed by atoms with Crippen LogP contribution in [0, 0.1) is 5.92 Å². The SMILES string of the molecule is C=CC(CO)CCC=C(C)C. The van der Waals surface area contributed by atoms with Gasteiger partial charge >= 0.3 is 0 Å². The summed E-state index contributed by atoms with van der Waals surface area (Å²) in [4.78, 5) is 0. The van der Waals surface area contributed by atoms with E-state index in [0.717, 1.165) is 12.8 Å². The summed E-state index contributed by atoms with van der Waals surface area (Å²) in [5.74, 6) is 0.269. The van der Waals surface area contributed by atoms with Crippen LogP contribution < -0.4 is 0 Å². The van der Waals surface area contributed by atoms with Gasteiger partial charge in [0.05, 0.1) is 0 Å². The van der Waals surface area contributed by atoms with Crippen molar-refractivity contribution in [2.45, 2.75) is 26.7 Å². The molecule has 0 amide bonds. The lowest BCUT2D eigenvalue weighted by Crippen LogP contribution is -2.00. The van der Waals surface area contributed by atoms with Gasteiger partial charge in [-0.25, -0.2) is 0 Å². The lowest BCUT2D eigenvalue weighted by atomic mass is 10.0. The number of hydrogen-bond acceptors (Lipinski definition) is 1. The first-order valence-corrected chi connectivity index (χ1v) is 4.07. The van der Waals surface area contributed by atoms with Gasteiger partial charge in [0, 0.05) is 6.61 Å². The van der Waals surface area contributed by atoms with Gasteiger partial charge in [0.25, 0.3) is 0 Å². The first kappa shape index (κ1) is 10.4. The number of aliphatic hydroxyl groups excluding tert-OH is 1. The zero-order valence-electron chi connectivity index (χ0n) is 7.51. The molecule has 0 spiro atoms. The summed E-state index contributed by atoms with van der Waals surface area (Å²) in [5.41, 5.74) is 1.34. The van der Waals surface area contributed by atoms with Crippen LogP contribution >= 0.6 is 0 Å². The molecule has 0 bridgehead atoms. The summed E-state index contributed by atoms with van der Waals surface area (Å²) in [6, 6.07) is 0. The van der Waals surface area contributed by atoms with Gasteiger partial charge in [-0.05, 0) is 32.6 Å². The lowest BCUT2D eigenvalue weighted by molar-refractivity contribution is 0.247. The molecule has 0 aliphatic rings. The molecule has 1 N–H and O–H groups in total. The van der Waals surface area contributed by atoms with Crippen LogP contribution in [-0.4, -0.2) is 11.7 Å². The van der Waals surface area contributed by atoms with Gasteiger partial charge in [-0.1, -0.05) is 17.7 Å². The Labute approximate surface area is 69.4 Å². The highest BCUT2D eigenvalue weighted by Crippen LogP contribution is 2.08. The van der Waals surface area contributed by atoms with Crippen LogP contribution in [0.4, 0.5) is 0 Å². The fourth-order valence-electron chi connectivity index (χ4n) is 0.870. The Morgan fingerprint density at radius 3 is 2.55 bits per heavy atom. The quantitative estimate of drug-likeness (QED) is 0.603. The highest BCUT2D eigenvalue weighted by molar-refractivity contribution is 4.93. The maximum absolute atomic E-state index is 8.80. The third-order valence-corrected chi connectivity index (χ3v) is 1.66. The second-order valence-electron chi connectivity index (χ2n) is 3.04. The van der Waals surface area contributed by atoms with Gasteiger partial charge in [-0.2, -0.15) is 0 Å². The predicted molar refractivity (Wildman–Crippen MR) is 49.4 cm³/mol. The highest BCUT2D eigenvalue weighted by Gasteiger charge is 1.98. The summed E-state index contributed by atoms with van der Waals surface area (Å²) in [7, 11) is 0. The van der Waals surface area contributed by atoms with Crippen molar-refractivity contribution in [3.05, 3.63) is 24.3 Å². The maximum Gasteiger partial charge on any atom is 0.0493 e. The Bertz CT molecular complexity index is 132. The third kappa shape index (κ3) is 5.86. The van der Waals surface area contributed by atoms with Crippen LogP contribution in [0.1, 0.15) is 26.7 Å². The van der Waals surface area contributed by atoms with Crippen molar-refractivity contribution in [1.29, 1.82) is 0 Å². The van der Waals surface area contributed by atoms with Gasteiger partial charge < -0.3 is 5.11 Å². The number of allylic oxidation sites excluding steroid dienone is 2. The molecule has 1 unspecified atom stereocenters. The Morgan fingerprint density at radius 2 is 2.18 bits per heavy atom. The molecule has 0 radical (unpaired) electrons. The molecule has 1 atom stereocenters. The minimum absolute atomic E-state index is 0.222. The van der Waals surface area contributed by atoms with Gasteiger partial charge in [-0.3, -0.25) is 0 Å². The smallest absolute Gasteiger partial charge is 0.0493 e. The average molecular weight is 154 g/mol. The Hall–Kier alpha value is -0.560. The van der Waals surface area contributed by atoms with E-state index in [-0.39, 0.29) is 12.5 Å². The predicted octanol–water partition coefficient (Wildman–Crippen LogP) is 2.53. The first-order chi connectivity index (χ1) is 5.20. The van der Waals surface area contributed by atoms with E-state index >= 15 is 0 Å². The van der Waals surface area contributed by atoms with Gasteiger partial charge in [0.15, 0.2) is 0 Å². The van der Waals surface area contributed by atoms with E-state index in [4.69, 9.17) is 5.11 Å². The molecule has 0 aliphatic carbocycles. The summed E-state index contributed by atoms with van der Waals surface area (Å²) in [5, 5.41) is 8.80. The van der Waals surface area contributed by atoms with Crippen LogP contribution in [0.5, 0.6) is 0 Å². The monoisotopic (exact) mass is 154 g/mol. The zero-order chi connectivity index (χ0) is 8.69. The molecule has 0 fully saturated rings. The van der Waals surface area contributed by atoms with Crippen molar-refractivity contribution in [2.75, 3.05) is 6.61 Å². The molecule has 0 aromatic rings. The molecule has 0 saturated heterocycles. The van der Waals surface area contributed by atoms with Crippen molar-refractivity contribution >= 4 is 0 Å². The molecule has 11 heavy (non-hydrogen) atoms. The molecule has 0 saturated carbocycles. The minimum atomic E-state index is 0.222. The fourth-order valence-corrected chi connectivity index (χ4v) is 0.870. The third-order valence-electron chi connectivity index (χ3n) is 1.66. The Morgan fingerprint density at radius 1 is 1.55 bits per heavy atom. The second-order valence-corrected chi connectivity index (χ2v) is 3.04. The number of rotatable bonds is 5. The Balaban J connectivity index is 3.51. The van der Waals surface area contributed by atoms with Crippen LogP contribution in [0.3, 0.4) is 0 Å². The molecule has 1 heteroatoms. The Kier molecular flexibility index (Phi) is 5.86. The maximum atomic E-state index is 8.80. The van der Waals surface area contributed by atoms with E-state index in [9.17, 15) is 0 Å². The highest BCUT2D eigenvalue weighted by atomic mass is 16.3. The summed E-state index contributed by atoms with van der Waals surface area (Å²) in [6.07, 6.45) is 6.05. The van der Waals surface area contributed by atoms with Gasteiger partial charge in [-0.15, -0.1) is 6.58 Å². The molecule has 0 rings (SSSR count). The van der Waals surface area contributed by atoms with Crippen LogP contribution in [0.15, 0.2) is 24.3 Å². The molecule has 0 aliphatic heterocycles. The van der Waals surface area contributed by atoms with Crippen LogP contribution in [-0.2, 0) is 0 Å². The zero-order valence-corrected chi connectivity index (χ0v) is 7.51. The first-order valence-electron chi connectivity index (χ1n) is 4.07. The molecule has 0 aromatic carbocycles. The van der Waals surface area contributed by atoms with E-state index in [1.165, 1.54) is 5.57 Å². The van der Waals surface area contributed by atoms with Crippen molar-refractivity contribution in [3.8, 4) is 0 Å². The summed E-state index contributed by atoms with van der Waals surface area (Å²) in [6.45, 7) is 8.04. The van der Waals surface area contributed by atoms with E-state index in [1.807, 2.05) is 6.08 Å². The molecular formula is C10H18O. The van der Waals surface area contributed by atoms with E-state index in [1.54, 1.807) is 0 Å². The molecular weight excluding hydrogens is 136 g/mol. The van der Waals surface area contributed by atoms with Gasteiger partial charge in [0.2, 0.25) is 0 Å². The largest absolute Gasteiger partial charge is 0.396 e. The number of hydrogen-bond donors (Lipinski definition) is 1. The van der Waals surface area contributed by atoms with Crippen molar-refractivity contribution in [3.63, 3.8) is 0 Å². The van der Waals surface area contributed by atoms with Gasteiger partial charge in [0.1, 0.15) is 0 Å². The number of aliphatic hydroxyl groups is 1. The topological polar surface area (TPSA) is 20.2 Å². The van der Waals surface area contributed by atoms with Crippen LogP contribution in [0.2, 0.25) is 0 Å². The molecule has 0 heterocycles. The van der Waals surface area contributed by atoms with Crippen molar-refractivity contribution < 1.29 is 5.11 Å². The standard InChI is InChI=1S/C10H18O/c1-4-10(8-11)7-5-6-9(2)3/h4,6,10-11H,1,5,7-8H2,2-3H3. The lowest BCUT2D eigenvalue weighted by Gasteiger charge is -2.05. The van der Waals surface area contributed by atoms with Crippen LogP contribution in [0.25, 0.3) is 0 Å². The molecule has 64 valence electrons. The average Bonchev–Trinajstić information content (AvgIpc) is 1.98. The summed E-state index contributed by atoms with van der Waals surface area (Å²) >= 11 is 0. The fraction of sp³-hybridized carbons (Fsp3) is 0.600. The molecule has 0 aromatic heterocycles. The van der Waals surface area contributed by atoms with Crippen molar-refractivity contribution in [2.24, 2.45) is 5.92 Å². The van der Waals surface area contributed by atoms with Crippen molar-refractivity contribution in [1.82, 2.24) is 0 Å². The molecule has 1 nitrogen and oxygen atoms in total. The van der Waals surface area contributed by atoms with E-state index < -0.39 is 0 Å². The normalized spacial score (nSPS) is 12.3. The van der Waals surface area contributed by atoms with E-state index in [0.29, 0.717) is 0 Å². The summed E-state index contributed by atoms with van der Waals surface area (Å²) < 4.78 is 0. The minimum Gasteiger partial charge on any atom is -0.396 e.